The van der Waals surface area contributed by atoms with Crippen molar-refractivity contribution in [1.82, 2.24) is 9.13 Å². The third kappa shape index (κ3) is 4.43. The molecule has 3 heterocycles. The van der Waals surface area contributed by atoms with Crippen molar-refractivity contribution in [2.45, 2.75) is 19.3 Å². The van der Waals surface area contributed by atoms with Gasteiger partial charge in [0.2, 0.25) is 0 Å². The molecule has 0 saturated carbocycles. The second-order valence-corrected chi connectivity index (χ2v) is 16.8. The number of hydrogen-bond acceptors (Lipinski definition) is 1. The molecule has 1 aliphatic carbocycles. The fraction of sp³-hybridized carbons (Fsp3) is 0.0566. The van der Waals surface area contributed by atoms with E-state index in [1.54, 1.807) is 0 Å². The maximum absolute atomic E-state index is 2.48. The van der Waals surface area contributed by atoms with E-state index in [9.17, 15) is 0 Å². The fourth-order valence-corrected chi connectivity index (χ4v) is 10.9. The fourth-order valence-electron chi connectivity index (χ4n) is 9.61. The summed E-state index contributed by atoms with van der Waals surface area (Å²) in [5.41, 5.74) is 16.3. The molecule has 12 rings (SSSR count). The molecule has 0 fully saturated rings. The number of benzene rings is 8. The van der Waals surface area contributed by atoms with Crippen LogP contribution in [0.1, 0.15) is 25.0 Å². The zero-order valence-electron chi connectivity index (χ0n) is 31.1. The van der Waals surface area contributed by atoms with Gasteiger partial charge in [-0.05, 0) is 111 Å². The van der Waals surface area contributed by atoms with Crippen molar-refractivity contribution in [2.75, 3.05) is 0 Å². The Balaban J connectivity index is 1.10. The monoisotopic (exact) mass is 732 g/mol. The second kappa shape index (κ2) is 11.7. The van der Waals surface area contributed by atoms with Gasteiger partial charge in [-0.2, -0.15) is 0 Å². The molecule has 0 amide bonds. The smallest absolute Gasteiger partial charge is 0.109 e. The van der Waals surface area contributed by atoms with Crippen molar-refractivity contribution in [2.24, 2.45) is 0 Å². The van der Waals surface area contributed by atoms with Crippen molar-refractivity contribution >= 4 is 64.3 Å². The quantitative estimate of drug-likeness (QED) is 0.170. The Labute approximate surface area is 329 Å². The molecule has 3 aromatic heterocycles. The first-order valence-electron chi connectivity index (χ1n) is 19.4. The van der Waals surface area contributed by atoms with Crippen molar-refractivity contribution < 1.29 is 0 Å². The van der Waals surface area contributed by atoms with E-state index in [0.29, 0.717) is 0 Å². The number of fused-ring (bicyclic) bond motifs is 11. The molecular weight excluding hydrogens is 697 g/mol. The van der Waals surface area contributed by atoms with Gasteiger partial charge in [-0.1, -0.05) is 129 Å². The van der Waals surface area contributed by atoms with Gasteiger partial charge in [0.25, 0.3) is 0 Å². The van der Waals surface area contributed by atoms with Crippen LogP contribution >= 0.6 is 11.3 Å². The van der Waals surface area contributed by atoms with Crippen molar-refractivity contribution in [1.29, 1.82) is 0 Å². The van der Waals surface area contributed by atoms with Gasteiger partial charge in [-0.3, -0.25) is 0 Å². The Hall–Kier alpha value is -6.68. The lowest BCUT2D eigenvalue weighted by molar-refractivity contribution is 0.661. The number of para-hydroxylation sites is 1. The van der Waals surface area contributed by atoms with E-state index in [4.69, 9.17) is 0 Å². The van der Waals surface area contributed by atoms with Crippen LogP contribution in [0, 0.1) is 0 Å². The van der Waals surface area contributed by atoms with E-state index in [-0.39, 0.29) is 5.41 Å². The van der Waals surface area contributed by atoms with E-state index < -0.39 is 0 Å². The first-order valence-corrected chi connectivity index (χ1v) is 20.2. The van der Waals surface area contributed by atoms with Crippen LogP contribution in [0.4, 0.5) is 0 Å². The van der Waals surface area contributed by atoms with E-state index in [2.05, 4.69) is 205 Å². The first kappa shape index (κ1) is 31.6. The van der Waals surface area contributed by atoms with Gasteiger partial charge in [-0.15, -0.1) is 11.3 Å². The summed E-state index contributed by atoms with van der Waals surface area (Å²) < 4.78 is 6.24. The molecular formula is C53H36N2S. The molecule has 264 valence electrons. The number of aromatic nitrogens is 2. The molecule has 11 aromatic rings. The Morgan fingerprint density at radius 3 is 1.77 bits per heavy atom. The minimum Gasteiger partial charge on any atom is -0.309 e. The second-order valence-electron chi connectivity index (χ2n) is 15.7. The normalized spacial score (nSPS) is 13.3. The zero-order valence-corrected chi connectivity index (χ0v) is 31.9. The highest BCUT2D eigenvalue weighted by Gasteiger charge is 2.36. The molecule has 1 aliphatic rings. The molecule has 0 spiro atoms. The average molecular weight is 733 g/mol. The van der Waals surface area contributed by atoms with Gasteiger partial charge >= 0.3 is 0 Å². The summed E-state index contributed by atoms with van der Waals surface area (Å²) >= 11 is 1.88. The summed E-state index contributed by atoms with van der Waals surface area (Å²) in [7, 11) is 0. The zero-order chi connectivity index (χ0) is 37.1. The molecule has 3 heteroatoms. The van der Waals surface area contributed by atoms with Gasteiger partial charge < -0.3 is 9.13 Å². The molecule has 2 nitrogen and oxygen atoms in total. The molecule has 0 unspecified atom stereocenters. The average Bonchev–Trinajstić information content (AvgIpc) is 3.95. The lowest BCUT2D eigenvalue weighted by atomic mass is 9.82. The van der Waals surface area contributed by atoms with E-state index >= 15 is 0 Å². The summed E-state index contributed by atoms with van der Waals surface area (Å²) in [6, 6.07) is 67.4. The Kier molecular flexibility index (Phi) is 6.59. The first-order chi connectivity index (χ1) is 27.5. The number of nitrogens with zero attached hydrogens (tertiary/aromatic N) is 2. The molecule has 0 aliphatic heterocycles. The number of thiophene rings is 1. The van der Waals surface area contributed by atoms with Crippen molar-refractivity contribution in [3.05, 3.63) is 193 Å². The van der Waals surface area contributed by atoms with Gasteiger partial charge in [0.05, 0.1) is 16.6 Å². The van der Waals surface area contributed by atoms with E-state index in [0.717, 1.165) is 0 Å². The number of hydrogen-bond donors (Lipinski definition) is 0. The van der Waals surface area contributed by atoms with Crippen LogP contribution in [0.25, 0.3) is 97.8 Å². The standard InChI is InChI=1S/C53H36N2S/c1-53(2)45-19-11-9-17-39(45)41-31-43-42-29-35(23-27-47(42)54(49(43)32-46(41)53)38-25-21-34(22-26-38)33-13-5-3-6-14-33)36-24-28-48-44(30-36)51-40-18-10-12-20-50(40)56-52(51)55(48)37-15-7-4-8-16-37/h3-32H,1-2H3. The van der Waals surface area contributed by atoms with Crippen LogP contribution in [-0.4, -0.2) is 9.13 Å². The van der Waals surface area contributed by atoms with Gasteiger partial charge in [0.1, 0.15) is 4.83 Å². The Morgan fingerprint density at radius 1 is 0.393 bits per heavy atom. The lowest BCUT2D eigenvalue weighted by Gasteiger charge is -2.21. The third-order valence-corrected chi connectivity index (χ3v) is 13.5. The van der Waals surface area contributed by atoms with Gasteiger partial charge in [0.15, 0.2) is 0 Å². The molecule has 0 saturated heterocycles. The minimum absolute atomic E-state index is 0.0908. The largest absolute Gasteiger partial charge is 0.309 e. The van der Waals surface area contributed by atoms with Crippen molar-refractivity contribution in [3.8, 4) is 44.8 Å². The maximum atomic E-state index is 2.48. The predicted molar refractivity (Wildman–Crippen MR) is 239 cm³/mol. The van der Waals surface area contributed by atoms with Crippen LogP contribution in [0.5, 0.6) is 0 Å². The van der Waals surface area contributed by atoms with Gasteiger partial charge in [-0.25, -0.2) is 0 Å². The SMILES string of the molecule is CC1(C)c2ccccc2-c2cc3c4cc(-c5ccc6c(c5)c5c7ccccc7sc5n6-c5ccccc5)ccc4n(-c4ccc(-c5ccccc5)cc4)c3cc21. The Morgan fingerprint density at radius 2 is 0.982 bits per heavy atom. The summed E-state index contributed by atoms with van der Waals surface area (Å²) in [4.78, 5) is 1.29. The summed E-state index contributed by atoms with van der Waals surface area (Å²) in [6.07, 6.45) is 0. The van der Waals surface area contributed by atoms with Crippen LogP contribution in [0.3, 0.4) is 0 Å². The van der Waals surface area contributed by atoms with Crippen molar-refractivity contribution in [3.63, 3.8) is 0 Å². The van der Waals surface area contributed by atoms with E-state index in [1.807, 2.05) is 11.3 Å². The molecule has 0 bridgehead atoms. The molecule has 0 atom stereocenters. The summed E-state index contributed by atoms with van der Waals surface area (Å²) in [5, 5.41) is 6.49. The molecule has 8 aromatic carbocycles. The lowest BCUT2D eigenvalue weighted by Crippen LogP contribution is -2.14. The van der Waals surface area contributed by atoms with Crippen LogP contribution < -0.4 is 0 Å². The topological polar surface area (TPSA) is 9.86 Å². The van der Waals surface area contributed by atoms with E-state index in [1.165, 1.54) is 109 Å². The summed E-state index contributed by atoms with van der Waals surface area (Å²) in [5.74, 6) is 0. The van der Waals surface area contributed by atoms with Gasteiger partial charge in [0, 0.05) is 48.4 Å². The maximum Gasteiger partial charge on any atom is 0.109 e. The minimum atomic E-state index is -0.0908. The van der Waals surface area contributed by atoms with Crippen LogP contribution in [0.2, 0.25) is 0 Å². The molecule has 0 N–H and O–H groups in total. The Bertz CT molecular complexity index is 3360. The third-order valence-electron chi connectivity index (χ3n) is 12.3. The highest BCUT2D eigenvalue weighted by atomic mass is 32.1. The predicted octanol–water partition coefficient (Wildman–Crippen LogP) is 14.7. The highest BCUT2D eigenvalue weighted by Crippen LogP contribution is 2.51. The molecule has 56 heavy (non-hydrogen) atoms. The summed E-state index contributed by atoms with van der Waals surface area (Å²) in [6.45, 7) is 4.75. The molecule has 0 radical (unpaired) electrons. The van der Waals surface area contributed by atoms with Crippen LogP contribution in [0.15, 0.2) is 182 Å². The highest BCUT2D eigenvalue weighted by molar-refractivity contribution is 7.25. The van der Waals surface area contributed by atoms with Crippen LogP contribution in [-0.2, 0) is 5.41 Å². The number of rotatable bonds is 4.